The van der Waals surface area contributed by atoms with Crippen LogP contribution in [0.1, 0.15) is 49.9 Å². The Morgan fingerprint density at radius 2 is 1.84 bits per heavy atom. The van der Waals surface area contributed by atoms with Crippen molar-refractivity contribution in [3.63, 3.8) is 0 Å². The summed E-state index contributed by atoms with van der Waals surface area (Å²) in [7, 11) is 0. The number of halogens is 1. The molecule has 4 rings (SSSR count). The van der Waals surface area contributed by atoms with Gasteiger partial charge in [0.05, 0.1) is 11.1 Å². The molecule has 0 bridgehead atoms. The first-order chi connectivity index (χ1) is 15.5. The van der Waals surface area contributed by atoms with Crippen LogP contribution in [0.5, 0.6) is 0 Å². The van der Waals surface area contributed by atoms with Crippen molar-refractivity contribution in [3.05, 3.63) is 65.2 Å². The number of hydrogen-bond donors (Lipinski definition) is 1. The van der Waals surface area contributed by atoms with Gasteiger partial charge >= 0.3 is 0 Å². The smallest absolute Gasteiger partial charge is 0.252 e. The molecule has 1 fully saturated rings. The zero-order valence-electron chi connectivity index (χ0n) is 18.7. The van der Waals surface area contributed by atoms with E-state index < -0.39 is 0 Å². The predicted molar refractivity (Wildman–Crippen MR) is 134 cm³/mol. The van der Waals surface area contributed by atoms with Crippen LogP contribution in [0.2, 0.25) is 5.02 Å². The summed E-state index contributed by atoms with van der Waals surface area (Å²) >= 11 is 7.54. The molecule has 2 heterocycles. The minimum absolute atomic E-state index is 0.0405. The molecule has 0 radical (unpaired) electrons. The molecule has 1 saturated heterocycles. The van der Waals surface area contributed by atoms with Gasteiger partial charge in [0, 0.05) is 40.5 Å². The van der Waals surface area contributed by atoms with Gasteiger partial charge in [0.1, 0.15) is 5.03 Å². The van der Waals surface area contributed by atoms with E-state index in [4.69, 9.17) is 16.6 Å². The number of aromatic nitrogens is 1. The van der Waals surface area contributed by atoms with Crippen LogP contribution in [0.3, 0.4) is 0 Å². The van der Waals surface area contributed by atoms with E-state index in [0.717, 1.165) is 33.8 Å². The summed E-state index contributed by atoms with van der Waals surface area (Å²) in [5.74, 6) is -0.0405. The van der Waals surface area contributed by atoms with E-state index in [-0.39, 0.29) is 5.91 Å². The number of pyridine rings is 1. The average Bonchev–Trinajstić information content (AvgIpc) is 2.79. The third-order valence-corrected chi connectivity index (χ3v) is 7.41. The van der Waals surface area contributed by atoms with Crippen LogP contribution in [0, 0.1) is 0 Å². The van der Waals surface area contributed by atoms with Crippen LogP contribution in [-0.2, 0) is 0 Å². The van der Waals surface area contributed by atoms with Crippen molar-refractivity contribution < 1.29 is 4.79 Å². The second kappa shape index (κ2) is 10.7. The normalized spacial score (nSPS) is 19.2. The van der Waals surface area contributed by atoms with Crippen molar-refractivity contribution in [2.24, 2.45) is 0 Å². The summed E-state index contributed by atoms with van der Waals surface area (Å²) in [6.45, 7) is 6.33. The molecule has 1 aliphatic rings. The highest BCUT2D eigenvalue weighted by atomic mass is 35.5. The van der Waals surface area contributed by atoms with Gasteiger partial charge < -0.3 is 5.32 Å². The summed E-state index contributed by atoms with van der Waals surface area (Å²) in [6, 6.07) is 18.6. The van der Waals surface area contributed by atoms with E-state index in [2.05, 4.69) is 24.1 Å². The largest absolute Gasteiger partial charge is 0.352 e. The highest BCUT2D eigenvalue weighted by Crippen LogP contribution is 2.30. The van der Waals surface area contributed by atoms with Gasteiger partial charge in [0.25, 0.3) is 5.91 Å². The molecule has 0 saturated carbocycles. The summed E-state index contributed by atoms with van der Waals surface area (Å²) in [4.78, 5) is 21.5. The first kappa shape index (κ1) is 23.1. The van der Waals surface area contributed by atoms with Crippen LogP contribution >= 0.6 is 23.4 Å². The van der Waals surface area contributed by atoms with Crippen molar-refractivity contribution in [2.75, 3.05) is 13.1 Å². The fourth-order valence-electron chi connectivity index (χ4n) is 4.49. The second-order valence-corrected chi connectivity index (χ2v) is 10.1. The predicted octanol–water partition coefficient (Wildman–Crippen LogP) is 6.42. The minimum atomic E-state index is -0.0405. The van der Waals surface area contributed by atoms with Gasteiger partial charge in [-0.3, -0.25) is 9.69 Å². The molecule has 3 aromatic rings. The lowest BCUT2D eigenvalue weighted by Gasteiger charge is -2.39. The maximum absolute atomic E-state index is 13.1. The SMILES string of the molecule is CC1CCCC(C)N1CCCNC(=O)c1cc(Sc2ccc(Cl)cc2)nc2ccccc12. The number of piperidine rings is 1. The molecule has 2 atom stereocenters. The average molecular weight is 468 g/mol. The number of fused-ring (bicyclic) bond motifs is 1. The molecular formula is C26H30ClN3OS. The number of rotatable bonds is 7. The van der Waals surface area contributed by atoms with Crippen molar-refractivity contribution in [1.29, 1.82) is 0 Å². The number of likely N-dealkylation sites (tertiary alicyclic amines) is 1. The van der Waals surface area contributed by atoms with Crippen LogP contribution in [-0.4, -0.2) is 41.0 Å². The van der Waals surface area contributed by atoms with E-state index in [1.165, 1.54) is 31.0 Å². The number of nitrogens with one attached hydrogen (secondary N) is 1. The zero-order valence-corrected chi connectivity index (χ0v) is 20.3. The summed E-state index contributed by atoms with van der Waals surface area (Å²) in [5, 5.41) is 5.52. The standard InChI is InChI=1S/C26H30ClN3OS/c1-18-7-5-8-19(2)30(18)16-6-15-28-26(31)23-17-25(29-24-10-4-3-9-22(23)24)32-21-13-11-20(27)12-14-21/h3-4,9-14,17-19H,5-8,15-16H2,1-2H3,(H,28,31). The molecule has 1 amide bonds. The highest BCUT2D eigenvalue weighted by molar-refractivity contribution is 7.99. The monoisotopic (exact) mass is 467 g/mol. The lowest BCUT2D eigenvalue weighted by Crippen LogP contribution is -2.44. The van der Waals surface area contributed by atoms with E-state index in [1.54, 1.807) is 0 Å². The summed E-state index contributed by atoms with van der Waals surface area (Å²) in [6.07, 6.45) is 4.82. The van der Waals surface area contributed by atoms with Gasteiger partial charge in [0.2, 0.25) is 0 Å². The van der Waals surface area contributed by atoms with Gasteiger partial charge in [-0.05, 0) is 69.5 Å². The van der Waals surface area contributed by atoms with E-state index in [0.29, 0.717) is 29.2 Å². The van der Waals surface area contributed by atoms with E-state index in [1.807, 2.05) is 54.6 Å². The maximum Gasteiger partial charge on any atom is 0.252 e. The molecule has 2 aromatic carbocycles. The Labute approximate surface area is 199 Å². The van der Waals surface area contributed by atoms with Crippen molar-refractivity contribution in [1.82, 2.24) is 15.2 Å². The number of para-hydroxylation sites is 1. The Bertz CT molecular complexity index is 1060. The first-order valence-corrected chi connectivity index (χ1v) is 12.6. The Hall–Kier alpha value is -2.08. The van der Waals surface area contributed by atoms with Crippen LogP contribution in [0.25, 0.3) is 10.9 Å². The Kier molecular flexibility index (Phi) is 7.71. The molecule has 1 N–H and O–H groups in total. The lowest BCUT2D eigenvalue weighted by molar-refractivity contribution is 0.0926. The Morgan fingerprint density at radius 3 is 2.59 bits per heavy atom. The molecule has 2 unspecified atom stereocenters. The Balaban J connectivity index is 1.44. The van der Waals surface area contributed by atoms with Gasteiger partial charge in [-0.25, -0.2) is 4.98 Å². The number of nitrogens with zero attached hydrogens (tertiary/aromatic N) is 2. The lowest BCUT2D eigenvalue weighted by atomic mass is 9.97. The second-order valence-electron chi connectivity index (χ2n) is 8.56. The molecule has 6 heteroatoms. The van der Waals surface area contributed by atoms with Crippen molar-refractivity contribution >= 4 is 40.2 Å². The van der Waals surface area contributed by atoms with Crippen LogP contribution < -0.4 is 5.32 Å². The van der Waals surface area contributed by atoms with Gasteiger partial charge in [0.15, 0.2) is 0 Å². The van der Waals surface area contributed by atoms with Gasteiger partial charge in [-0.2, -0.15) is 0 Å². The van der Waals surface area contributed by atoms with Crippen LogP contribution in [0.4, 0.5) is 0 Å². The number of carbonyl (C=O) groups excluding carboxylic acids is 1. The molecule has 0 aliphatic carbocycles. The van der Waals surface area contributed by atoms with Gasteiger partial charge in [-0.15, -0.1) is 0 Å². The number of benzene rings is 2. The van der Waals surface area contributed by atoms with E-state index in [9.17, 15) is 4.79 Å². The summed E-state index contributed by atoms with van der Waals surface area (Å²) < 4.78 is 0. The zero-order chi connectivity index (χ0) is 22.5. The molecule has 4 nitrogen and oxygen atoms in total. The number of hydrogen-bond acceptors (Lipinski definition) is 4. The molecule has 32 heavy (non-hydrogen) atoms. The Morgan fingerprint density at radius 1 is 1.12 bits per heavy atom. The van der Waals surface area contributed by atoms with Crippen LogP contribution in [0.15, 0.2) is 64.5 Å². The topological polar surface area (TPSA) is 45.2 Å². The minimum Gasteiger partial charge on any atom is -0.352 e. The molecule has 1 aromatic heterocycles. The van der Waals surface area contributed by atoms with Crippen molar-refractivity contribution in [2.45, 2.75) is 61.5 Å². The summed E-state index contributed by atoms with van der Waals surface area (Å²) in [5.41, 5.74) is 1.50. The number of amides is 1. The van der Waals surface area contributed by atoms with Crippen molar-refractivity contribution in [3.8, 4) is 0 Å². The van der Waals surface area contributed by atoms with E-state index >= 15 is 0 Å². The third kappa shape index (κ3) is 5.64. The quantitative estimate of drug-likeness (QED) is 0.407. The fraction of sp³-hybridized carbons (Fsp3) is 0.385. The molecule has 1 aliphatic heterocycles. The number of carbonyl (C=O) groups is 1. The molecule has 0 spiro atoms. The third-order valence-electron chi connectivity index (χ3n) is 6.23. The molecule has 168 valence electrons. The maximum atomic E-state index is 13.1. The fourth-order valence-corrected chi connectivity index (χ4v) is 5.45. The van der Waals surface area contributed by atoms with Gasteiger partial charge in [-0.1, -0.05) is 48.0 Å². The molecular weight excluding hydrogens is 438 g/mol. The highest BCUT2D eigenvalue weighted by Gasteiger charge is 2.23. The first-order valence-electron chi connectivity index (χ1n) is 11.4.